The summed E-state index contributed by atoms with van der Waals surface area (Å²) < 4.78 is 64.4. The molecule has 0 unspecified atom stereocenters. The molecule has 28 heavy (non-hydrogen) atoms. The average molecular weight is 422 g/mol. The Hall–Kier alpha value is -3.06. The average Bonchev–Trinajstić information content (AvgIpc) is 2.59. The van der Waals surface area contributed by atoms with E-state index in [-0.39, 0.29) is 5.69 Å². The maximum atomic E-state index is 12.7. The van der Waals surface area contributed by atoms with Crippen LogP contribution < -0.4 is 10.2 Å². The predicted octanol–water partition coefficient (Wildman–Crippen LogP) is 1.90. The molecule has 0 saturated heterocycles. The first-order chi connectivity index (χ1) is 13.0. The van der Waals surface area contributed by atoms with Gasteiger partial charge in [-0.2, -0.15) is 21.9 Å². The molecule has 3 aromatic carbocycles. The van der Waals surface area contributed by atoms with Crippen molar-refractivity contribution in [3.05, 3.63) is 48.5 Å². The summed E-state index contributed by atoms with van der Waals surface area (Å²) in [6, 6.07) is 9.91. The summed E-state index contributed by atoms with van der Waals surface area (Å²) in [5.41, 5.74) is -0.539. The lowest BCUT2D eigenvalue weighted by molar-refractivity contribution is -0.274. The molecule has 0 aliphatic rings. The van der Waals surface area contributed by atoms with Crippen molar-refractivity contribution in [2.24, 2.45) is 10.2 Å². The number of fused-ring (bicyclic) bond motifs is 1. The third-order valence-electron chi connectivity index (χ3n) is 3.67. The summed E-state index contributed by atoms with van der Waals surface area (Å²) in [5, 5.41) is 31.2. The van der Waals surface area contributed by atoms with Crippen LogP contribution in [0.1, 0.15) is 0 Å². The first-order valence-corrected chi connectivity index (χ1v) is 10.3. The quantitative estimate of drug-likeness (QED) is 0.472. The van der Waals surface area contributed by atoms with Crippen LogP contribution in [-0.4, -0.2) is 25.9 Å². The molecular weight excluding hydrogens is 412 g/mol. The second-order valence-electron chi connectivity index (χ2n) is 5.56. The van der Waals surface area contributed by atoms with Crippen LogP contribution in [0.2, 0.25) is 0 Å². The molecule has 10 nitrogen and oxygen atoms in total. The molecule has 3 rings (SSSR count). The molecule has 0 radical (unpaired) electrons. The minimum Gasteiger partial charge on any atom is -0.872 e. The molecule has 0 heterocycles. The lowest BCUT2D eigenvalue weighted by Gasteiger charge is -2.22. The lowest BCUT2D eigenvalue weighted by Crippen LogP contribution is -2.06. The molecule has 2 N–H and O–H groups in total. The van der Waals surface area contributed by atoms with E-state index in [2.05, 4.69) is 10.2 Å². The smallest absolute Gasteiger partial charge is 0.296 e. The van der Waals surface area contributed by atoms with Crippen molar-refractivity contribution < 1.29 is 36.2 Å². The summed E-state index contributed by atoms with van der Waals surface area (Å²) in [6.07, 6.45) is 0. The Labute approximate surface area is 158 Å². The number of azo groups is 1. The Balaban J connectivity index is 2.36. The van der Waals surface area contributed by atoms with E-state index in [1.807, 2.05) is 0 Å². The highest BCUT2D eigenvalue weighted by molar-refractivity contribution is 7.86. The van der Waals surface area contributed by atoms with E-state index < -0.39 is 58.0 Å². The van der Waals surface area contributed by atoms with Crippen LogP contribution in [0.4, 0.5) is 11.4 Å². The maximum Gasteiger partial charge on any atom is 0.296 e. The van der Waals surface area contributed by atoms with Crippen molar-refractivity contribution in [3.63, 3.8) is 0 Å². The molecule has 0 aliphatic carbocycles. The van der Waals surface area contributed by atoms with Crippen LogP contribution in [0.5, 0.6) is 11.5 Å². The van der Waals surface area contributed by atoms with Crippen molar-refractivity contribution >= 4 is 42.4 Å². The number of hydrogen-bond donors (Lipinski definition) is 2. The van der Waals surface area contributed by atoms with Crippen molar-refractivity contribution in [2.45, 2.75) is 9.79 Å². The van der Waals surface area contributed by atoms with Crippen LogP contribution in [0.25, 0.3) is 10.8 Å². The standard InChI is InChI=1S/C16H12N2O8S2/c19-12-8-11(27(21,22)23)6-9-7-13(28(24,25)26)15(16(20)14(9)12)18-17-10-4-2-1-3-5-10/h1-8,19-20H,(H,21,22,23)(H,24,25,26)/p-2. The summed E-state index contributed by atoms with van der Waals surface area (Å²) in [6.45, 7) is 0. The van der Waals surface area contributed by atoms with Gasteiger partial charge in [0.1, 0.15) is 4.90 Å². The van der Waals surface area contributed by atoms with Crippen molar-refractivity contribution in [1.82, 2.24) is 0 Å². The van der Waals surface area contributed by atoms with E-state index in [0.29, 0.717) is 12.1 Å². The van der Waals surface area contributed by atoms with Gasteiger partial charge in [0.25, 0.3) is 20.2 Å². The highest BCUT2D eigenvalue weighted by atomic mass is 32.2. The lowest BCUT2D eigenvalue weighted by atomic mass is 10.1. The van der Waals surface area contributed by atoms with Crippen molar-refractivity contribution in [3.8, 4) is 11.5 Å². The molecule has 0 aromatic heterocycles. The minimum atomic E-state index is -4.98. The van der Waals surface area contributed by atoms with Gasteiger partial charge in [-0.05, 0) is 41.1 Å². The topological polar surface area (TPSA) is 180 Å². The summed E-state index contributed by atoms with van der Waals surface area (Å²) in [4.78, 5) is -1.79. The monoisotopic (exact) mass is 422 g/mol. The van der Waals surface area contributed by atoms with E-state index >= 15 is 0 Å². The van der Waals surface area contributed by atoms with Gasteiger partial charge in [-0.3, -0.25) is 9.11 Å². The Bertz CT molecular complexity index is 1320. The van der Waals surface area contributed by atoms with E-state index in [4.69, 9.17) is 4.55 Å². The van der Waals surface area contributed by atoms with Gasteiger partial charge in [0.2, 0.25) is 0 Å². The fourth-order valence-corrected chi connectivity index (χ4v) is 3.64. The van der Waals surface area contributed by atoms with Crippen molar-refractivity contribution in [1.29, 1.82) is 0 Å². The largest absolute Gasteiger partial charge is 0.872 e. The van der Waals surface area contributed by atoms with E-state index in [1.165, 1.54) is 12.1 Å². The molecule has 0 aliphatic heterocycles. The number of rotatable bonds is 4. The van der Waals surface area contributed by atoms with E-state index in [0.717, 1.165) is 6.07 Å². The molecule has 12 heteroatoms. The predicted molar refractivity (Wildman–Crippen MR) is 93.1 cm³/mol. The third kappa shape index (κ3) is 3.80. The number of benzene rings is 3. The van der Waals surface area contributed by atoms with Gasteiger partial charge < -0.3 is 10.2 Å². The van der Waals surface area contributed by atoms with Crippen LogP contribution >= 0.6 is 0 Å². The summed E-state index contributed by atoms with van der Waals surface area (Å²) >= 11 is 0. The van der Waals surface area contributed by atoms with Crippen LogP contribution in [0, 0.1) is 0 Å². The molecule has 0 atom stereocenters. The first-order valence-electron chi connectivity index (χ1n) is 7.39. The van der Waals surface area contributed by atoms with Crippen LogP contribution in [0.15, 0.2) is 68.6 Å². The third-order valence-corrected chi connectivity index (χ3v) is 5.36. The van der Waals surface area contributed by atoms with Gasteiger partial charge in [0.05, 0.1) is 16.3 Å². The summed E-state index contributed by atoms with van der Waals surface area (Å²) in [7, 11) is -9.77. The Morgan fingerprint density at radius 2 is 1.46 bits per heavy atom. The minimum absolute atomic E-state index is 0.271. The van der Waals surface area contributed by atoms with Gasteiger partial charge in [0, 0.05) is 0 Å². The maximum absolute atomic E-state index is 12.7. The van der Waals surface area contributed by atoms with E-state index in [9.17, 15) is 31.6 Å². The van der Waals surface area contributed by atoms with Gasteiger partial charge >= 0.3 is 0 Å². The normalized spacial score (nSPS) is 12.6. The van der Waals surface area contributed by atoms with Gasteiger partial charge in [-0.1, -0.05) is 23.9 Å². The molecule has 0 amide bonds. The molecule has 0 fully saturated rings. The van der Waals surface area contributed by atoms with Crippen LogP contribution in [-0.2, 0) is 20.2 Å². The van der Waals surface area contributed by atoms with Gasteiger partial charge in [-0.15, -0.1) is 10.9 Å². The molecular formula is C16H10N2O8S2-2. The van der Waals surface area contributed by atoms with Gasteiger partial charge in [-0.25, -0.2) is 0 Å². The Morgan fingerprint density at radius 3 is 2.04 bits per heavy atom. The number of nitrogens with zero attached hydrogens (tertiary/aromatic N) is 2. The van der Waals surface area contributed by atoms with Crippen LogP contribution in [0.3, 0.4) is 0 Å². The highest BCUT2D eigenvalue weighted by Crippen LogP contribution is 2.43. The highest BCUT2D eigenvalue weighted by Gasteiger charge is 2.20. The zero-order chi connectivity index (χ0) is 20.7. The zero-order valence-electron chi connectivity index (χ0n) is 13.7. The van der Waals surface area contributed by atoms with Crippen molar-refractivity contribution in [2.75, 3.05) is 0 Å². The fourth-order valence-electron chi connectivity index (χ4n) is 2.45. The molecule has 0 bridgehead atoms. The number of hydrogen-bond acceptors (Lipinski definition) is 8. The second-order valence-corrected chi connectivity index (χ2v) is 8.37. The SMILES string of the molecule is O=S(=O)(O)c1cc([O-])c2c([O-])c(N=Nc3ccccc3)c(S(=O)(=O)O)cc2c1. The van der Waals surface area contributed by atoms with E-state index in [1.54, 1.807) is 18.2 Å². The fraction of sp³-hybridized carbons (Fsp3) is 0. The van der Waals surface area contributed by atoms with Gasteiger partial charge in [0.15, 0.2) is 0 Å². The molecule has 0 saturated carbocycles. The summed E-state index contributed by atoms with van der Waals surface area (Å²) in [5.74, 6) is -2.25. The molecule has 3 aromatic rings. The zero-order valence-corrected chi connectivity index (χ0v) is 15.3. The molecule has 146 valence electrons. The second kappa shape index (κ2) is 6.83. The Morgan fingerprint density at radius 1 is 0.821 bits per heavy atom. The molecule has 0 spiro atoms. The first kappa shape index (κ1) is 19.7. The Kier molecular flexibility index (Phi) is 4.81.